The molecule has 7 heteroatoms. The van der Waals surface area contributed by atoms with E-state index in [1.165, 1.54) is 19.2 Å². The lowest BCUT2D eigenvalue weighted by molar-refractivity contribution is 0.414. The minimum absolute atomic E-state index is 0.0283. The Morgan fingerprint density at radius 3 is 2.26 bits per heavy atom. The molecule has 0 amide bonds. The Bertz CT molecular complexity index is 542. The standard InChI is InChI=1S/C12H17Cl2NO3S/c1-4-8(5-2)15-19(16,17)10-7-6-9(18-3)11(13)12(10)14/h6-8,15H,4-5H2,1-3H3. The molecule has 0 bridgehead atoms. The van der Waals surface area contributed by atoms with Gasteiger partial charge in [-0.3, -0.25) is 0 Å². The van der Waals surface area contributed by atoms with E-state index in [9.17, 15) is 8.42 Å². The number of hydrogen-bond donors (Lipinski definition) is 1. The van der Waals surface area contributed by atoms with Crippen molar-refractivity contribution in [1.82, 2.24) is 4.72 Å². The zero-order valence-corrected chi connectivity index (χ0v) is 13.4. The smallest absolute Gasteiger partial charge is 0.242 e. The molecule has 0 aliphatic rings. The van der Waals surface area contributed by atoms with Crippen molar-refractivity contribution in [3.05, 3.63) is 22.2 Å². The van der Waals surface area contributed by atoms with Gasteiger partial charge in [-0.25, -0.2) is 13.1 Å². The van der Waals surface area contributed by atoms with E-state index >= 15 is 0 Å². The van der Waals surface area contributed by atoms with Crippen molar-refractivity contribution in [2.24, 2.45) is 0 Å². The molecule has 0 atom stereocenters. The van der Waals surface area contributed by atoms with Crippen LogP contribution in [0.5, 0.6) is 5.75 Å². The highest BCUT2D eigenvalue weighted by Gasteiger charge is 2.23. The second-order valence-corrected chi connectivity index (χ2v) is 6.47. The maximum Gasteiger partial charge on any atom is 0.242 e. The maximum atomic E-state index is 12.2. The summed E-state index contributed by atoms with van der Waals surface area (Å²) in [6.07, 6.45) is 1.41. The SMILES string of the molecule is CCC(CC)NS(=O)(=O)c1ccc(OC)c(Cl)c1Cl. The molecule has 1 rings (SSSR count). The summed E-state index contributed by atoms with van der Waals surface area (Å²) in [6, 6.07) is 2.75. The number of benzene rings is 1. The minimum atomic E-state index is -3.68. The fourth-order valence-corrected chi connectivity index (χ4v) is 3.86. The Labute approximate surface area is 124 Å². The monoisotopic (exact) mass is 325 g/mol. The molecule has 108 valence electrons. The summed E-state index contributed by atoms with van der Waals surface area (Å²) in [7, 11) is -2.25. The van der Waals surface area contributed by atoms with Gasteiger partial charge in [-0.05, 0) is 25.0 Å². The molecule has 0 aliphatic carbocycles. The molecule has 0 saturated heterocycles. The zero-order valence-electron chi connectivity index (χ0n) is 11.0. The van der Waals surface area contributed by atoms with E-state index in [4.69, 9.17) is 27.9 Å². The molecular formula is C12H17Cl2NO3S. The molecule has 0 saturated carbocycles. The lowest BCUT2D eigenvalue weighted by Gasteiger charge is -2.16. The second-order valence-electron chi connectivity index (χ2n) is 4.03. The molecule has 0 radical (unpaired) electrons. The highest BCUT2D eigenvalue weighted by molar-refractivity contribution is 7.89. The quantitative estimate of drug-likeness (QED) is 0.871. The first kappa shape index (κ1) is 16.6. The molecular weight excluding hydrogens is 309 g/mol. The highest BCUT2D eigenvalue weighted by atomic mass is 35.5. The lowest BCUT2D eigenvalue weighted by Crippen LogP contribution is -2.34. The van der Waals surface area contributed by atoms with Gasteiger partial charge in [0.25, 0.3) is 0 Å². The van der Waals surface area contributed by atoms with E-state index in [1.807, 2.05) is 13.8 Å². The van der Waals surface area contributed by atoms with Crippen molar-refractivity contribution in [1.29, 1.82) is 0 Å². The molecule has 0 unspecified atom stereocenters. The third-order valence-electron chi connectivity index (χ3n) is 2.83. The molecule has 1 N–H and O–H groups in total. The summed E-state index contributed by atoms with van der Waals surface area (Å²) in [5, 5.41) is 0.0658. The van der Waals surface area contributed by atoms with Gasteiger partial charge in [0.1, 0.15) is 15.7 Å². The topological polar surface area (TPSA) is 55.4 Å². The molecule has 0 aromatic heterocycles. The van der Waals surface area contributed by atoms with Crippen molar-refractivity contribution in [3.63, 3.8) is 0 Å². The Balaban J connectivity index is 3.19. The molecule has 0 heterocycles. The third-order valence-corrected chi connectivity index (χ3v) is 5.37. The van der Waals surface area contributed by atoms with Crippen LogP contribution in [0.3, 0.4) is 0 Å². The minimum Gasteiger partial charge on any atom is -0.495 e. The molecule has 0 aliphatic heterocycles. The predicted molar refractivity (Wildman–Crippen MR) is 77.7 cm³/mol. The van der Waals surface area contributed by atoms with Crippen molar-refractivity contribution >= 4 is 33.2 Å². The largest absolute Gasteiger partial charge is 0.495 e. The summed E-state index contributed by atoms with van der Waals surface area (Å²) in [5.41, 5.74) is 0. The Morgan fingerprint density at radius 2 is 1.79 bits per heavy atom. The van der Waals surface area contributed by atoms with Gasteiger partial charge in [0.2, 0.25) is 10.0 Å². The van der Waals surface area contributed by atoms with E-state index < -0.39 is 10.0 Å². The van der Waals surface area contributed by atoms with Crippen LogP contribution in [0.4, 0.5) is 0 Å². The van der Waals surface area contributed by atoms with Crippen molar-refractivity contribution in [2.75, 3.05) is 7.11 Å². The van der Waals surface area contributed by atoms with Crippen LogP contribution < -0.4 is 9.46 Å². The van der Waals surface area contributed by atoms with Crippen LogP contribution in [0.2, 0.25) is 10.0 Å². The van der Waals surface area contributed by atoms with Gasteiger partial charge in [-0.2, -0.15) is 0 Å². The van der Waals surface area contributed by atoms with Crippen LogP contribution in [0, 0.1) is 0 Å². The van der Waals surface area contributed by atoms with Crippen LogP contribution in [-0.2, 0) is 10.0 Å². The van der Waals surface area contributed by atoms with Crippen LogP contribution in [0.1, 0.15) is 26.7 Å². The molecule has 1 aromatic carbocycles. The average molecular weight is 326 g/mol. The number of methoxy groups -OCH3 is 1. The van der Waals surface area contributed by atoms with Crippen LogP contribution >= 0.6 is 23.2 Å². The fraction of sp³-hybridized carbons (Fsp3) is 0.500. The highest BCUT2D eigenvalue weighted by Crippen LogP contribution is 2.36. The average Bonchev–Trinajstić information content (AvgIpc) is 2.38. The first-order chi connectivity index (χ1) is 8.87. The molecule has 4 nitrogen and oxygen atoms in total. The molecule has 0 fully saturated rings. The van der Waals surface area contributed by atoms with Crippen LogP contribution in [-0.4, -0.2) is 21.6 Å². The number of halogens is 2. The van der Waals surface area contributed by atoms with Gasteiger partial charge >= 0.3 is 0 Å². The Hall–Kier alpha value is -0.490. The summed E-state index contributed by atoms with van der Waals surface area (Å²) >= 11 is 12.0. The first-order valence-corrected chi connectivity index (χ1v) is 8.15. The molecule has 0 spiro atoms. The maximum absolute atomic E-state index is 12.2. The molecule has 1 aromatic rings. The zero-order chi connectivity index (χ0) is 14.6. The van der Waals surface area contributed by atoms with Gasteiger partial charge in [0, 0.05) is 6.04 Å². The molecule has 19 heavy (non-hydrogen) atoms. The lowest BCUT2D eigenvalue weighted by atomic mass is 10.2. The normalized spacial score (nSPS) is 11.9. The summed E-state index contributed by atoms with van der Waals surface area (Å²) in [6.45, 7) is 3.83. The number of hydrogen-bond acceptors (Lipinski definition) is 3. The summed E-state index contributed by atoms with van der Waals surface area (Å²) < 4.78 is 32.1. The van der Waals surface area contributed by atoms with Crippen molar-refractivity contribution < 1.29 is 13.2 Å². The Kier molecular flexibility index (Phi) is 5.92. The number of nitrogens with one attached hydrogen (secondary N) is 1. The van der Waals surface area contributed by atoms with Gasteiger partial charge in [-0.15, -0.1) is 0 Å². The fourth-order valence-electron chi connectivity index (χ4n) is 1.62. The third kappa shape index (κ3) is 3.75. The predicted octanol–water partition coefficient (Wildman–Crippen LogP) is 3.47. The van der Waals surface area contributed by atoms with Crippen LogP contribution in [0.15, 0.2) is 17.0 Å². The van der Waals surface area contributed by atoms with Gasteiger partial charge in [-0.1, -0.05) is 37.0 Å². The number of sulfonamides is 1. The number of rotatable bonds is 6. The van der Waals surface area contributed by atoms with E-state index in [2.05, 4.69) is 4.72 Å². The second kappa shape index (κ2) is 6.79. The van der Waals surface area contributed by atoms with E-state index in [-0.39, 0.29) is 21.0 Å². The first-order valence-electron chi connectivity index (χ1n) is 5.91. The van der Waals surface area contributed by atoms with E-state index in [1.54, 1.807) is 0 Å². The van der Waals surface area contributed by atoms with Gasteiger partial charge in [0.05, 0.1) is 12.1 Å². The summed E-state index contributed by atoms with van der Waals surface area (Å²) in [4.78, 5) is -0.0353. The number of ether oxygens (including phenoxy) is 1. The van der Waals surface area contributed by atoms with E-state index in [0.29, 0.717) is 18.6 Å². The van der Waals surface area contributed by atoms with Crippen molar-refractivity contribution in [2.45, 2.75) is 37.6 Å². The van der Waals surface area contributed by atoms with Crippen molar-refractivity contribution in [3.8, 4) is 5.75 Å². The van der Waals surface area contributed by atoms with Gasteiger partial charge < -0.3 is 4.74 Å². The summed E-state index contributed by atoms with van der Waals surface area (Å²) in [5.74, 6) is 0.341. The van der Waals surface area contributed by atoms with Crippen LogP contribution in [0.25, 0.3) is 0 Å². The van der Waals surface area contributed by atoms with Gasteiger partial charge in [0.15, 0.2) is 0 Å². The Morgan fingerprint density at radius 1 is 1.21 bits per heavy atom. The van der Waals surface area contributed by atoms with E-state index in [0.717, 1.165) is 0 Å².